The summed E-state index contributed by atoms with van der Waals surface area (Å²) >= 11 is 0. The minimum atomic E-state index is 0.668. The maximum Gasteiger partial charge on any atom is 0.159 e. The molecule has 32 heavy (non-hydrogen) atoms. The zero-order valence-electron chi connectivity index (χ0n) is 17.8. The summed E-state index contributed by atoms with van der Waals surface area (Å²) in [7, 11) is 0. The maximum absolute atomic E-state index is 4.85. The first-order valence-electron chi connectivity index (χ1n) is 10.2. The molecule has 0 unspecified atom stereocenters. The Morgan fingerprint density at radius 2 is 1.97 bits per heavy atom. The number of nitrogens with zero attached hydrogens (tertiary/aromatic N) is 5. The van der Waals surface area contributed by atoms with Gasteiger partial charge in [-0.05, 0) is 43.7 Å². The molecular weight excluding hydrogens is 398 g/mol. The van der Waals surface area contributed by atoms with Crippen molar-refractivity contribution in [1.29, 1.82) is 0 Å². The van der Waals surface area contributed by atoms with Gasteiger partial charge in [-0.1, -0.05) is 30.4 Å². The van der Waals surface area contributed by atoms with Gasteiger partial charge in [0, 0.05) is 29.5 Å². The molecule has 7 heteroatoms. The van der Waals surface area contributed by atoms with E-state index in [1.807, 2.05) is 50.3 Å². The molecular formula is C25H21N7. The lowest BCUT2D eigenvalue weighted by molar-refractivity contribution is 1.10. The molecule has 5 rings (SSSR count). The number of nitrogens with one attached hydrogen (secondary N) is 2. The topological polar surface area (TPSA) is 96.0 Å². The Balaban J connectivity index is 1.65. The molecule has 5 aromatic rings. The second-order valence-electron chi connectivity index (χ2n) is 7.41. The third-order valence-electron chi connectivity index (χ3n) is 5.32. The van der Waals surface area contributed by atoms with Gasteiger partial charge in [-0.25, -0.2) is 4.98 Å². The molecule has 0 radical (unpaired) electrons. The molecule has 5 aromatic heterocycles. The van der Waals surface area contributed by atoms with Crippen molar-refractivity contribution in [3.05, 3.63) is 85.1 Å². The summed E-state index contributed by atoms with van der Waals surface area (Å²) in [5, 5.41) is 8.53. The molecule has 0 atom stereocenters. The number of aromatic nitrogens is 7. The Labute approximate surface area is 184 Å². The maximum atomic E-state index is 4.85. The number of H-pyrrole nitrogens is 2. The van der Waals surface area contributed by atoms with Crippen LogP contribution in [0.2, 0.25) is 0 Å². The molecule has 0 saturated heterocycles. The number of pyridine rings is 3. The van der Waals surface area contributed by atoms with Gasteiger partial charge in [0.15, 0.2) is 5.82 Å². The lowest BCUT2D eigenvalue weighted by Gasteiger charge is -2.03. The molecule has 5 heterocycles. The van der Waals surface area contributed by atoms with Crippen LogP contribution < -0.4 is 0 Å². The van der Waals surface area contributed by atoms with E-state index in [1.165, 1.54) is 0 Å². The quantitative estimate of drug-likeness (QED) is 0.367. The summed E-state index contributed by atoms with van der Waals surface area (Å²) in [6.07, 6.45) is 13.0. The van der Waals surface area contributed by atoms with Crippen molar-refractivity contribution in [3.63, 3.8) is 0 Å². The predicted molar refractivity (Wildman–Crippen MR) is 128 cm³/mol. The summed E-state index contributed by atoms with van der Waals surface area (Å²) in [5.74, 6) is 0.668. The fourth-order valence-corrected chi connectivity index (χ4v) is 3.63. The highest BCUT2D eigenvalue weighted by Crippen LogP contribution is 2.31. The normalized spacial score (nSPS) is 12.6. The van der Waals surface area contributed by atoms with Crippen LogP contribution in [0, 0.1) is 0 Å². The fraction of sp³-hybridized carbons (Fsp3) is 0.0800. The van der Waals surface area contributed by atoms with Gasteiger partial charge < -0.3 is 4.98 Å². The first-order chi connectivity index (χ1) is 15.7. The highest BCUT2D eigenvalue weighted by Gasteiger charge is 2.17. The van der Waals surface area contributed by atoms with E-state index in [2.05, 4.69) is 42.8 Å². The lowest BCUT2D eigenvalue weighted by Crippen LogP contribution is -1.88. The Kier molecular flexibility index (Phi) is 4.91. The summed E-state index contributed by atoms with van der Waals surface area (Å²) in [5.41, 5.74) is 7.88. The number of hydrogen-bond donors (Lipinski definition) is 2. The first-order valence-corrected chi connectivity index (χ1v) is 10.2. The van der Waals surface area contributed by atoms with Crippen molar-refractivity contribution in [2.45, 2.75) is 13.8 Å². The largest absolute Gasteiger partial charge is 0.336 e. The molecule has 2 N–H and O–H groups in total. The van der Waals surface area contributed by atoms with Crippen molar-refractivity contribution in [2.75, 3.05) is 0 Å². The molecule has 0 aliphatic carbocycles. The van der Waals surface area contributed by atoms with E-state index in [0.717, 1.165) is 55.7 Å². The van der Waals surface area contributed by atoms with Crippen molar-refractivity contribution in [1.82, 2.24) is 35.1 Å². The smallest absolute Gasteiger partial charge is 0.159 e. The number of rotatable bonds is 5. The third-order valence-corrected chi connectivity index (χ3v) is 5.32. The van der Waals surface area contributed by atoms with Crippen molar-refractivity contribution >= 4 is 27.5 Å². The number of imidazole rings is 1. The molecule has 0 saturated carbocycles. The third kappa shape index (κ3) is 3.39. The van der Waals surface area contributed by atoms with Crippen LogP contribution in [0.4, 0.5) is 0 Å². The predicted octanol–water partition coefficient (Wildman–Crippen LogP) is 5.49. The first kappa shape index (κ1) is 19.6. The number of aromatic amines is 2. The van der Waals surface area contributed by atoms with E-state index < -0.39 is 0 Å². The van der Waals surface area contributed by atoms with E-state index >= 15 is 0 Å². The van der Waals surface area contributed by atoms with Gasteiger partial charge in [0.2, 0.25) is 0 Å². The summed E-state index contributed by atoms with van der Waals surface area (Å²) < 4.78 is 0. The van der Waals surface area contributed by atoms with Gasteiger partial charge in [0.05, 0.1) is 28.6 Å². The Morgan fingerprint density at radius 3 is 2.75 bits per heavy atom. The fourth-order valence-electron chi connectivity index (χ4n) is 3.63. The van der Waals surface area contributed by atoms with Gasteiger partial charge in [0.1, 0.15) is 11.2 Å². The monoisotopic (exact) mass is 419 g/mol. The van der Waals surface area contributed by atoms with Crippen LogP contribution in [0.25, 0.3) is 50.3 Å². The highest BCUT2D eigenvalue weighted by atomic mass is 15.1. The number of hydrogen-bond acceptors (Lipinski definition) is 5. The second kappa shape index (κ2) is 8.03. The minimum Gasteiger partial charge on any atom is -0.336 e. The molecule has 0 aliphatic rings. The highest BCUT2D eigenvalue weighted by molar-refractivity contribution is 5.96. The zero-order chi connectivity index (χ0) is 22.1. The molecule has 0 amide bonds. The van der Waals surface area contributed by atoms with E-state index in [0.29, 0.717) is 5.82 Å². The number of fused-ring (bicyclic) bond motifs is 2. The Morgan fingerprint density at radius 1 is 1.06 bits per heavy atom. The van der Waals surface area contributed by atoms with Crippen LogP contribution in [0.3, 0.4) is 0 Å². The SMILES string of the molecule is C=C/C(C)=C\C(=C/C)c1cc2c(-c3nc4c(-c5cccnc5)nccc4[nH]3)n[nH]c2cn1. The van der Waals surface area contributed by atoms with Crippen LogP contribution in [-0.4, -0.2) is 35.1 Å². The minimum absolute atomic E-state index is 0.668. The second-order valence-corrected chi connectivity index (χ2v) is 7.41. The van der Waals surface area contributed by atoms with Gasteiger partial charge >= 0.3 is 0 Å². The van der Waals surface area contributed by atoms with Gasteiger partial charge in [-0.3, -0.25) is 20.1 Å². The Bertz CT molecular complexity index is 1500. The molecule has 0 bridgehead atoms. The van der Waals surface area contributed by atoms with Crippen LogP contribution in [-0.2, 0) is 0 Å². The van der Waals surface area contributed by atoms with Gasteiger partial charge in [0.25, 0.3) is 0 Å². The summed E-state index contributed by atoms with van der Waals surface area (Å²) in [4.78, 5) is 21.6. The summed E-state index contributed by atoms with van der Waals surface area (Å²) in [6, 6.07) is 7.81. The van der Waals surface area contributed by atoms with Crippen molar-refractivity contribution in [2.24, 2.45) is 0 Å². The molecule has 0 fully saturated rings. The Hall–Kier alpha value is -4.39. The average molecular weight is 419 g/mol. The van der Waals surface area contributed by atoms with Crippen LogP contribution in [0.1, 0.15) is 19.5 Å². The summed E-state index contributed by atoms with van der Waals surface area (Å²) in [6.45, 7) is 7.85. The average Bonchev–Trinajstić information content (AvgIpc) is 3.46. The molecule has 0 aromatic carbocycles. The van der Waals surface area contributed by atoms with Crippen LogP contribution in [0.15, 0.2) is 79.4 Å². The van der Waals surface area contributed by atoms with Crippen molar-refractivity contribution < 1.29 is 0 Å². The molecule has 0 aliphatic heterocycles. The molecule has 7 nitrogen and oxygen atoms in total. The zero-order valence-corrected chi connectivity index (χ0v) is 17.8. The van der Waals surface area contributed by atoms with Crippen LogP contribution >= 0.6 is 0 Å². The molecule has 156 valence electrons. The van der Waals surface area contributed by atoms with E-state index in [4.69, 9.17) is 4.98 Å². The number of allylic oxidation sites excluding steroid dienone is 5. The van der Waals surface area contributed by atoms with Crippen LogP contribution in [0.5, 0.6) is 0 Å². The van der Waals surface area contributed by atoms with E-state index in [-0.39, 0.29) is 0 Å². The van der Waals surface area contributed by atoms with Gasteiger partial charge in [-0.15, -0.1) is 0 Å². The standard InChI is InChI=1S/C25H21N7/c1-4-15(3)11-16(5-2)20-12-18-21(14-28-20)31-32-23(18)25-29-19-8-10-27-22(24(19)30-25)17-7-6-9-26-13-17/h4-14H,1H2,2-3H3,(H,29,30)(H,31,32)/b15-11-,16-5+. The molecule has 0 spiro atoms. The van der Waals surface area contributed by atoms with Gasteiger partial charge in [-0.2, -0.15) is 5.10 Å². The van der Waals surface area contributed by atoms with Crippen molar-refractivity contribution in [3.8, 4) is 22.8 Å². The van der Waals surface area contributed by atoms with E-state index in [1.54, 1.807) is 24.8 Å². The lowest BCUT2D eigenvalue weighted by atomic mass is 10.1. The van der Waals surface area contributed by atoms with E-state index in [9.17, 15) is 0 Å².